The summed E-state index contributed by atoms with van der Waals surface area (Å²) in [5, 5.41) is 8.37. The molecule has 0 spiro atoms. The van der Waals surface area contributed by atoms with E-state index in [1.54, 1.807) is 0 Å². The first-order valence-electron chi connectivity index (χ1n) is 22.1. The Hall–Kier alpha value is -8.47. The number of para-hydroxylation sites is 5. The highest BCUT2D eigenvalue weighted by Gasteiger charge is 2.16. The third-order valence-electron chi connectivity index (χ3n) is 12.0. The van der Waals surface area contributed by atoms with Gasteiger partial charge in [-0.3, -0.25) is 0 Å². The predicted octanol–water partition coefficient (Wildman–Crippen LogP) is 16.4. The highest BCUT2D eigenvalue weighted by Crippen LogP contribution is 2.37. The summed E-state index contributed by atoms with van der Waals surface area (Å²) in [6, 6.07) is 77.4. The van der Waals surface area contributed by atoms with Crippen molar-refractivity contribution in [3.05, 3.63) is 254 Å². The van der Waals surface area contributed by atoms with Crippen LogP contribution in [0.25, 0.3) is 88.6 Å². The van der Waals surface area contributed by atoms with Gasteiger partial charge in [-0.1, -0.05) is 164 Å². The molecule has 0 aliphatic heterocycles. The molecule has 1 N–H and O–H groups in total. The van der Waals surface area contributed by atoms with E-state index >= 15 is 0 Å². The number of hydrogen-bond acceptors (Lipinski definition) is 2. The van der Waals surface area contributed by atoms with Crippen LogP contribution in [-0.4, -0.2) is 14.1 Å². The van der Waals surface area contributed by atoms with E-state index < -0.39 is 0 Å². The third kappa shape index (κ3) is 8.06. The number of aromatic nitrogens is 3. The average molecular weight is 837 g/mol. The molecule has 0 aliphatic rings. The Morgan fingerprint density at radius 1 is 0.446 bits per heavy atom. The van der Waals surface area contributed by atoms with Gasteiger partial charge in [-0.25, -0.2) is 4.98 Å². The number of hydrogen-bond donors (Lipinski definition) is 1. The van der Waals surface area contributed by atoms with Crippen LogP contribution in [0.15, 0.2) is 254 Å². The number of nitrogens with one attached hydrogen (secondary N) is 1. The lowest BCUT2D eigenvalue weighted by Crippen LogP contribution is -1.98. The van der Waals surface area contributed by atoms with Crippen LogP contribution in [0.4, 0.5) is 5.69 Å². The molecule has 11 aromatic rings. The summed E-state index contributed by atoms with van der Waals surface area (Å²) < 4.78 is 4.74. The van der Waals surface area contributed by atoms with E-state index in [4.69, 9.17) is 4.98 Å². The molecule has 0 fully saturated rings. The second kappa shape index (κ2) is 18.1. The average Bonchev–Trinajstić information content (AvgIpc) is 3.90. The fraction of sp³-hybridized carbons (Fsp3) is 0.0328. The van der Waals surface area contributed by atoms with Crippen molar-refractivity contribution in [2.45, 2.75) is 13.8 Å². The van der Waals surface area contributed by atoms with E-state index in [1.165, 1.54) is 43.6 Å². The molecule has 4 nitrogen and oxygen atoms in total. The minimum atomic E-state index is 0.936. The minimum absolute atomic E-state index is 0.936. The first kappa shape index (κ1) is 40.6. The predicted molar refractivity (Wildman–Crippen MR) is 277 cm³/mol. The van der Waals surface area contributed by atoms with Gasteiger partial charge in [-0.15, -0.1) is 0 Å². The molecule has 4 heteroatoms. The summed E-state index contributed by atoms with van der Waals surface area (Å²) >= 11 is 0. The number of nitrogens with zero attached hydrogens (tertiary/aromatic N) is 3. The van der Waals surface area contributed by atoms with Crippen molar-refractivity contribution in [3.63, 3.8) is 0 Å². The Kier molecular flexibility index (Phi) is 11.3. The van der Waals surface area contributed by atoms with Gasteiger partial charge >= 0.3 is 0 Å². The quantitative estimate of drug-likeness (QED) is 0.147. The summed E-state index contributed by atoms with van der Waals surface area (Å²) in [7, 11) is 0. The molecule has 3 aromatic heterocycles. The molecule has 8 aromatic carbocycles. The SMILES string of the molecule is C=C/C(C)=C(\C=C/C)Nc1ccccc1.c1ccc(-c2cc(-c3cccc(-n4c5ccccc5c5ccccc54)c3)cc(-c3cccc(-n4c5ccccc5c5ccccc54)c3)n2)cc1. The number of rotatable bonds is 9. The number of benzene rings is 8. The van der Waals surface area contributed by atoms with Crippen molar-refractivity contribution in [2.24, 2.45) is 0 Å². The van der Waals surface area contributed by atoms with Gasteiger partial charge in [0, 0.05) is 55.4 Å². The Morgan fingerprint density at radius 3 is 1.35 bits per heavy atom. The van der Waals surface area contributed by atoms with Gasteiger partial charge in [-0.2, -0.15) is 0 Å². The molecule has 0 saturated heterocycles. The lowest BCUT2D eigenvalue weighted by molar-refractivity contribution is 1.18. The number of pyridine rings is 1. The van der Waals surface area contributed by atoms with Crippen molar-refractivity contribution >= 4 is 49.3 Å². The monoisotopic (exact) mass is 836 g/mol. The van der Waals surface area contributed by atoms with E-state index in [0.717, 1.165) is 62.0 Å². The zero-order valence-electron chi connectivity index (χ0n) is 36.6. The van der Waals surface area contributed by atoms with Crippen LogP contribution >= 0.6 is 0 Å². The topological polar surface area (TPSA) is 34.8 Å². The smallest absolute Gasteiger partial charge is 0.0716 e. The summed E-state index contributed by atoms with van der Waals surface area (Å²) in [5.74, 6) is 0. The first-order chi connectivity index (χ1) is 32.1. The summed E-state index contributed by atoms with van der Waals surface area (Å²) in [6.45, 7) is 7.82. The van der Waals surface area contributed by atoms with Crippen LogP contribution in [0.3, 0.4) is 0 Å². The Labute approximate surface area is 380 Å². The normalized spacial score (nSPS) is 11.8. The lowest BCUT2D eigenvalue weighted by atomic mass is 9.99. The molecule has 0 saturated carbocycles. The minimum Gasteiger partial charge on any atom is -0.355 e. The van der Waals surface area contributed by atoms with Crippen molar-refractivity contribution in [2.75, 3.05) is 5.32 Å². The van der Waals surface area contributed by atoms with Crippen LogP contribution < -0.4 is 5.32 Å². The molecule has 0 amide bonds. The number of allylic oxidation sites excluding steroid dienone is 4. The Morgan fingerprint density at radius 2 is 0.862 bits per heavy atom. The zero-order valence-corrected chi connectivity index (χ0v) is 36.6. The van der Waals surface area contributed by atoms with Crippen molar-refractivity contribution < 1.29 is 0 Å². The van der Waals surface area contributed by atoms with Crippen LogP contribution in [-0.2, 0) is 0 Å². The zero-order chi connectivity index (χ0) is 44.1. The van der Waals surface area contributed by atoms with Crippen molar-refractivity contribution in [1.29, 1.82) is 0 Å². The highest BCUT2D eigenvalue weighted by atomic mass is 15.0. The number of fused-ring (bicyclic) bond motifs is 6. The molecular weight excluding hydrogens is 789 g/mol. The van der Waals surface area contributed by atoms with Crippen molar-refractivity contribution in [3.8, 4) is 45.0 Å². The van der Waals surface area contributed by atoms with Gasteiger partial charge in [0.2, 0.25) is 0 Å². The highest BCUT2D eigenvalue weighted by molar-refractivity contribution is 6.10. The van der Waals surface area contributed by atoms with E-state index in [0.29, 0.717) is 0 Å². The summed E-state index contributed by atoms with van der Waals surface area (Å²) in [4.78, 5) is 5.29. The molecule has 0 unspecified atom stereocenters. The molecule has 3 heterocycles. The fourth-order valence-electron chi connectivity index (χ4n) is 8.86. The molecule has 0 aliphatic carbocycles. The Bertz CT molecular complexity index is 3270. The largest absolute Gasteiger partial charge is 0.355 e. The van der Waals surface area contributed by atoms with Crippen LogP contribution in [0.1, 0.15) is 13.8 Å². The maximum atomic E-state index is 5.29. The Balaban J connectivity index is 0.000000285. The second-order valence-electron chi connectivity index (χ2n) is 16.1. The fourth-order valence-corrected chi connectivity index (χ4v) is 8.86. The lowest BCUT2D eigenvalue weighted by Gasteiger charge is -2.14. The van der Waals surface area contributed by atoms with Crippen molar-refractivity contribution in [1.82, 2.24) is 14.1 Å². The van der Waals surface area contributed by atoms with E-state index in [9.17, 15) is 0 Å². The van der Waals surface area contributed by atoms with E-state index in [1.807, 2.05) is 62.4 Å². The molecule has 65 heavy (non-hydrogen) atoms. The molecule has 0 atom stereocenters. The number of anilines is 1. The molecule has 0 bridgehead atoms. The van der Waals surface area contributed by atoms with E-state index in [2.05, 4.69) is 209 Å². The van der Waals surface area contributed by atoms with Gasteiger partial charge in [0.1, 0.15) is 0 Å². The van der Waals surface area contributed by atoms with Gasteiger partial charge < -0.3 is 14.5 Å². The maximum absolute atomic E-state index is 5.29. The van der Waals surface area contributed by atoms with Crippen LogP contribution in [0.5, 0.6) is 0 Å². The molecule has 0 radical (unpaired) electrons. The second-order valence-corrected chi connectivity index (χ2v) is 16.1. The van der Waals surface area contributed by atoms with Gasteiger partial charge in [0.25, 0.3) is 0 Å². The van der Waals surface area contributed by atoms with E-state index in [-0.39, 0.29) is 0 Å². The van der Waals surface area contributed by atoms with Gasteiger partial charge in [-0.05, 0) is 109 Å². The summed E-state index contributed by atoms with van der Waals surface area (Å²) in [5.41, 5.74) is 16.7. The summed E-state index contributed by atoms with van der Waals surface area (Å²) in [6.07, 6.45) is 5.91. The molecular formula is C61H48N4. The van der Waals surface area contributed by atoms with Gasteiger partial charge in [0.15, 0.2) is 0 Å². The van der Waals surface area contributed by atoms with Crippen LogP contribution in [0, 0.1) is 0 Å². The van der Waals surface area contributed by atoms with Crippen LogP contribution in [0.2, 0.25) is 0 Å². The standard InChI is InChI=1S/C47H31N3.C14H17N/c1-2-14-32(15-3-1)42-30-35(33-16-12-18-36(28-33)49-44-24-8-4-20-38(44)39-21-5-9-25-45(39)49)31-43(48-42)34-17-13-19-37(29-34)50-46-26-10-6-22-40(46)41-23-7-11-27-47(41)50;1-4-9-14(12(3)5-2)15-13-10-7-6-8-11-13/h1-31H;4-11,15H,2H2,1,3H3/b;9-4-,14-12+. The third-order valence-corrected chi connectivity index (χ3v) is 12.0. The molecule has 11 rings (SSSR count). The van der Waals surface area contributed by atoms with Gasteiger partial charge in [0.05, 0.1) is 33.5 Å². The molecule has 312 valence electrons. The first-order valence-corrected chi connectivity index (χ1v) is 22.1. The maximum Gasteiger partial charge on any atom is 0.0716 e.